The van der Waals surface area contributed by atoms with Crippen LogP contribution in [0, 0.1) is 17.5 Å². The molecule has 18 heavy (non-hydrogen) atoms. The molecule has 1 aliphatic rings. The van der Waals surface area contributed by atoms with Gasteiger partial charge in [-0.15, -0.1) is 0 Å². The summed E-state index contributed by atoms with van der Waals surface area (Å²) in [4.78, 5) is 4.25. The highest BCUT2D eigenvalue weighted by molar-refractivity contribution is 5.98. The van der Waals surface area contributed by atoms with Crippen molar-refractivity contribution in [3.05, 3.63) is 35.1 Å². The third-order valence-electron chi connectivity index (χ3n) is 3.06. The van der Waals surface area contributed by atoms with Crippen LogP contribution in [0.4, 0.5) is 13.2 Å². The van der Waals surface area contributed by atoms with Gasteiger partial charge in [0, 0.05) is 0 Å². The van der Waals surface area contributed by atoms with Crippen LogP contribution in [0.2, 0.25) is 0 Å². The molecule has 1 aliphatic carbocycles. The molecule has 3 N–H and O–H groups in total. The maximum atomic E-state index is 13.6. The van der Waals surface area contributed by atoms with Crippen molar-refractivity contribution in [1.82, 2.24) is 5.43 Å². The Kier molecular flexibility index (Phi) is 3.86. The highest BCUT2D eigenvalue weighted by Gasteiger charge is 2.19. The molecule has 0 bridgehead atoms. The zero-order valence-electron chi connectivity index (χ0n) is 9.72. The zero-order valence-corrected chi connectivity index (χ0v) is 9.72. The van der Waals surface area contributed by atoms with Crippen LogP contribution >= 0.6 is 0 Å². The molecule has 1 aromatic rings. The number of benzene rings is 1. The van der Waals surface area contributed by atoms with Crippen LogP contribution < -0.4 is 11.3 Å². The SMILES string of the molecule is NNC(=NC1CCCC1)c1ccc(F)c(F)c1F. The average molecular weight is 257 g/mol. The predicted octanol–water partition coefficient (Wildman–Crippen LogP) is 2.26. The van der Waals surface area contributed by atoms with E-state index in [2.05, 4.69) is 10.4 Å². The molecule has 0 atom stereocenters. The molecule has 0 heterocycles. The number of hydrogen-bond donors (Lipinski definition) is 2. The molecule has 2 rings (SSSR count). The fourth-order valence-electron chi connectivity index (χ4n) is 2.11. The minimum atomic E-state index is -1.51. The highest BCUT2D eigenvalue weighted by atomic mass is 19.2. The summed E-state index contributed by atoms with van der Waals surface area (Å²) < 4.78 is 39.5. The minimum Gasteiger partial charge on any atom is -0.308 e. The number of hydrogen-bond acceptors (Lipinski definition) is 2. The van der Waals surface area contributed by atoms with Gasteiger partial charge in [-0.3, -0.25) is 4.99 Å². The van der Waals surface area contributed by atoms with E-state index in [1.165, 1.54) is 0 Å². The van der Waals surface area contributed by atoms with Crippen LogP contribution in [-0.4, -0.2) is 11.9 Å². The molecule has 0 radical (unpaired) electrons. The Morgan fingerprint density at radius 3 is 2.44 bits per heavy atom. The fraction of sp³-hybridized carbons (Fsp3) is 0.417. The standard InChI is InChI=1S/C12H14F3N3/c13-9-6-5-8(10(14)11(9)15)12(18-16)17-7-3-1-2-4-7/h5-7H,1-4,16H2,(H,17,18). The van der Waals surface area contributed by atoms with E-state index in [9.17, 15) is 13.2 Å². The predicted molar refractivity (Wildman–Crippen MR) is 62.4 cm³/mol. The first-order valence-electron chi connectivity index (χ1n) is 5.81. The van der Waals surface area contributed by atoms with Crippen LogP contribution in [0.5, 0.6) is 0 Å². The first kappa shape index (κ1) is 12.9. The van der Waals surface area contributed by atoms with Crippen LogP contribution in [0.15, 0.2) is 17.1 Å². The van der Waals surface area contributed by atoms with Gasteiger partial charge in [0.25, 0.3) is 0 Å². The maximum absolute atomic E-state index is 13.6. The zero-order chi connectivity index (χ0) is 13.1. The van der Waals surface area contributed by atoms with E-state index in [-0.39, 0.29) is 17.4 Å². The second kappa shape index (κ2) is 5.39. The second-order valence-electron chi connectivity index (χ2n) is 4.28. The van der Waals surface area contributed by atoms with Gasteiger partial charge in [-0.25, -0.2) is 19.0 Å². The van der Waals surface area contributed by atoms with Crippen molar-refractivity contribution in [3.63, 3.8) is 0 Å². The minimum absolute atomic E-state index is 0.0540. The van der Waals surface area contributed by atoms with Gasteiger partial charge in [-0.2, -0.15) is 0 Å². The summed E-state index contributed by atoms with van der Waals surface area (Å²) in [6.07, 6.45) is 3.92. The van der Waals surface area contributed by atoms with E-state index < -0.39 is 17.5 Å². The normalized spacial score (nSPS) is 17.2. The van der Waals surface area contributed by atoms with Gasteiger partial charge in [-0.05, 0) is 25.0 Å². The van der Waals surface area contributed by atoms with Crippen molar-refractivity contribution in [2.24, 2.45) is 10.8 Å². The quantitative estimate of drug-likeness (QED) is 0.281. The van der Waals surface area contributed by atoms with E-state index in [4.69, 9.17) is 5.84 Å². The van der Waals surface area contributed by atoms with E-state index in [1.807, 2.05) is 0 Å². The Bertz CT molecular complexity index is 468. The Labute approximate surface area is 103 Å². The van der Waals surface area contributed by atoms with Gasteiger partial charge in [0.15, 0.2) is 17.5 Å². The Morgan fingerprint density at radius 1 is 1.17 bits per heavy atom. The number of nitrogens with two attached hydrogens (primary N) is 1. The third-order valence-corrected chi connectivity index (χ3v) is 3.06. The molecule has 3 nitrogen and oxygen atoms in total. The molecule has 0 aromatic heterocycles. The number of rotatable bonds is 2. The lowest BCUT2D eigenvalue weighted by molar-refractivity contribution is 0.445. The van der Waals surface area contributed by atoms with Crippen LogP contribution in [0.3, 0.4) is 0 Å². The summed E-state index contributed by atoms with van der Waals surface area (Å²) >= 11 is 0. The van der Waals surface area contributed by atoms with Crippen molar-refractivity contribution >= 4 is 5.84 Å². The van der Waals surface area contributed by atoms with Crippen molar-refractivity contribution < 1.29 is 13.2 Å². The smallest absolute Gasteiger partial charge is 0.195 e. The summed E-state index contributed by atoms with van der Waals surface area (Å²) in [5, 5.41) is 0. The molecular weight excluding hydrogens is 243 g/mol. The molecule has 0 saturated heterocycles. The third kappa shape index (κ3) is 2.48. The summed E-state index contributed by atoms with van der Waals surface area (Å²) in [6.45, 7) is 0. The number of hydrazine groups is 1. The summed E-state index contributed by atoms with van der Waals surface area (Å²) in [6, 6.07) is 2.04. The molecule has 1 aromatic carbocycles. The molecule has 1 saturated carbocycles. The van der Waals surface area contributed by atoms with Gasteiger partial charge in [-0.1, -0.05) is 12.8 Å². The molecule has 0 unspecified atom stereocenters. The molecule has 6 heteroatoms. The van der Waals surface area contributed by atoms with Crippen LogP contribution in [0.1, 0.15) is 31.2 Å². The van der Waals surface area contributed by atoms with Crippen LogP contribution in [0.25, 0.3) is 0 Å². The van der Waals surface area contributed by atoms with E-state index in [1.54, 1.807) is 0 Å². The molecular formula is C12H14F3N3. The molecule has 1 fully saturated rings. The lowest BCUT2D eigenvalue weighted by atomic mass is 10.1. The lowest BCUT2D eigenvalue weighted by Crippen LogP contribution is -2.33. The van der Waals surface area contributed by atoms with Crippen molar-refractivity contribution in [1.29, 1.82) is 0 Å². The second-order valence-corrected chi connectivity index (χ2v) is 4.28. The van der Waals surface area contributed by atoms with E-state index in [0.29, 0.717) is 0 Å². The molecule has 0 aliphatic heterocycles. The molecule has 98 valence electrons. The molecule has 0 spiro atoms. The van der Waals surface area contributed by atoms with Crippen molar-refractivity contribution in [2.45, 2.75) is 31.7 Å². The Balaban J connectivity index is 2.35. The number of halogens is 3. The van der Waals surface area contributed by atoms with Crippen molar-refractivity contribution in [2.75, 3.05) is 0 Å². The monoisotopic (exact) mass is 257 g/mol. The molecule has 0 amide bonds. The Hall–Kier alpha value is -1.56. The summed E-state index contributed by atoms with van der Waals surface area (Å²) in [5.74, 6) is 1.32. The van der Waals surface area contributed by atoms with E-state index >= 15 is 0 Å². The summed E-state index contributed by atoms with van der Waals surface area (Å²) in [5.41, 5.74) is 2.10. The van der Waals surface area contributed by atoms with Gasteiger partial charge in [0.2, 0.25) is 0 Å². The fourth-order valence-corrected chi connectivity index (χ4v) is 2.11. The number of aliphatic imine (C=N–C) groups is 1. The first-order valence-corrected chi connectivity index (χ1v) is 5.81. The topological polar surface area (TPSA) is 50.4 Å². The average Bonchev–Trinajstić information content (AvgIpc) is 2.87. The number of amidine groups is 1. The van der Waals surface area contributed by atoms with E-state index in [0.717, 1.165) is 37.8 Å². The van der Waals surface area contributed by atoms with Gasteiger partial charge >= 0.3 is 0 Å². The van der Waals surface area contributed by atoms with Crippen LogP contribution in [-0.2, 0) is 0 Å². The maximum Gasteiger partial charge on any atom is 0.195 e. The van der Waals surface area contributed by atoms with Crippen molar-refractivity contribution in [3.8, 4) is 0 Å². The number of nitrogens with one attached hydrogen (secondary N) is 1. The first-order chi connectivity index (χ1) is 8.63. The van der Waals surface area contributed by atoms with Gasteiger partial charge in [0.1, 0.15) is 5.84 Å². The number of nitrogens with zero attached hydrogens (tertiary/aromatic N) is 1. The summed E-state index contributed by atoms with van der Waals surface area (Å²) in [7, 11) is 0. The highest BCUT2D eigenvalue weighted by Crippen LogP contribution is 2.22. The van der Waals surface area contributed by atoms with Gasteiger partial charge in [0.05, 0.1) is 11.6 Å². The Morgan fingerprint density at radius 2 is 1.83 bits per heavy atom. The lowest BCUT2D eigenvalue weighted by Gasteiger charge is -2.11. The van der Waals surface area contributed by atoms with Gasteiger partial charge < -0.3 is 5.43 Å². The largest absolute Gasteiger partial charge is 0.308 e.